The molecule has 1 aromatic carbocycles. The summed E-state index contributed by atoms with van der Waals surface area (Å²) in [4.78, 5) is 27.0. The SMILES string of the molecule is COc1ccc(N2C[C@H](C(=O)NC3CC(C)(C)NC(C)(C)C3)CC2=O)cc1. The molecule has 2 aliphatic heterocycles. The van der Waals surface area contributed by atoms with E-state index in [1.807, 2.05) is 24.3 Å². The lowest BCUT2D eigenvalue weighted by Gasteiger charge is -2.46. The van der Waals surface area contributed by atoms with E-state index in [0.717, 1.165) is 24.3 Å². The van der Waals surface area contributed by atoms with Gasteiger partial charge in [-0.25, -0.2) is 0 Å². The number of piperidine rings is 1. The molecule has 2 saturated heterocycles. The Morgan fingerprint density at radius 2 is 1.74 bits per heavy atom. The highest BCUT2D eigenvalue weighted by molar-refractivity contribution is 6.00. The number of benzene rings is 1. The third kappa shape index (κ3) is 4.61. The number of rotatable bonds is 4. The van der Waals surface area contributed by atoms with Crippen molar-refractivity contribution in [3.8, 4) is 5.75 Å². The van der Waals surface area contributed by atoms with Crippen molar-refractivity contribution in [2.24, 2.45) is 5.92 Å². The van der Waals surface area contributed by atoms with Gasteiger partial charge in [0.15, 0.2) is 0 Å². The predicted octanol–water partition coefficient (Wildman–Crippen LogP) is 2.47. The number of hydrogen-bond donors (Lipinski definition) is 2. The first-order valence-electron chi connectivity index (χ1n) is 9.63. The number of nitrogens with one attached hydrogen (secondary N) is 2. The lowest BCUT2D eigenvalue weighted by Crippen LogP contribution is -2.62. The van der Waals surface area contributed by atoms with Gasteiger partial charge in [-0.05, 0) is 64.8 Å². The monoisotopic (exact) mass is 373 g/mol. The van der Waals surface area contributed by atoms with Crippen molar-refractivity contribution in [3.05, 3.63) is 24.3 Å². The fraction of sp³-hybridized carbons (Fsp3) is 0.619. The van der Waals surface area contributed by atoms with Crippen LogP contribution < -0.4 is 20.3 Å². The van der Waals surface area contributed by atoms with Crippen LogP contribution in [0.1, 0.15) is 47.0 Å². The Hall–Kier alpha value is -2.08. The molecule has 6 nitrogen and oxygen atoms in total. The van der Waals surface area contributed by atoms with Gasteiger partial charge in [-0.2, -0.15) is 0 Å². The number of carbonyl (C=O) groups is 2. The van der Waals surface area contributed by atoms with Gasteiger partial charge in [-0.3, -0.25) is 9.59 Å². The second-order valence-corrected chi connectivity index (χ2v) is 9.11. The van der Waals surface area contributed by atoms with Crippen molar-refractivity contribution < 1.29 is 14.3 Å². The molecule has 2 fully saturated rings. The van der Waals surface area contributed by atoms with Crippen molar-refractivity contribution in [3.63, 3.8) is 0 Å². The van der Waals surface area contributed by atoms with Crippen molar-refractivity contribution in [1.82, 2.24) is 10.6 Å². The van der Waals surface area contributed by atoms with Crippen LogP contribution in [0.4, 0.5) is 5.69 Å². The van der Waals surface area contributed by atoms with Crippen LogP contribution in [0.5, 0.6) is 5.75 Å². The Morgan fingerprint density at radius 1 is 1.15 bits per heavy atom. The number of amides is 2. The van der Waals surface area contributed by atoms with Crippen molar-refractivity contribution >= 4 is 17.5 Å². The molecule has 148 valence electrons. The van der Waals surface area contributed by atoms with Crippen LogP contribution in [0.2, 0.25) is 0 Å². The molecule has 1 atom stereocenters. The van der Waals surface area contributed by atoms with Gasteiger partial charge in [0, 0.05) is 35.8 Å². The summed E-state index contributed by atoms with van der Waals surface area (Å²) in [5.74, 6) is 0.417. The summed E-state index contributed by atoms with van der Waals surface area (Å²) in [5.41, 5.74) is 0.751. The quantitative estimate of drug-likeness (QED) is 0.851. The predicted molar refractivity (Wildman–Crippen MR) is 106 cm³/mol. The molecule has 0 spiro atoms. The molecule has 0 radical (unpaired) electrons. The highest BCUT2D eigenvalue weighted by Gasteiger charge is 2.40. The van der Waals surface area contributed by atoms with E-state index in [-0.39, 0.29) is 41.3 Å². The molecule has 0 aromatic heterocycles. The molecule has 2 N–H and O–H groups in total. The number of carbonyl (C=O) groups excluding carboxylic acids is 2. The van der Waals surface area contributed by atoms with Crippen LogP contribution in [0.25, 0.3) is 0 Å². The van der Waals surface area contributed by atoms with E-state index in [1.54, 1.807) is 12.0 Å². The van der Waals surface area contributed by atoms with Gasteiger partial charge in [-0.1, -0.05) is 0 Å². The molecular formula is C21H31N3O3. The van der Waals surface area contributed by atoms with E-state index < -0.39 is 0 Å². The van der Waals surface area contributed by atoms with Crippen molar-refractivity contribution in [2.45, 2.75) is 64.1 Å². The molecule has 0 unspecified atom stereocenters. The van der Waals surface area contributed by atoms with E-state index in [1.165, 1.54) is 0 Å². The largest absolute Gasteiger partial charge is 0.497 e. The minimum absolute atomic E-state index is 0.00807. The number of ether oxygens (including phenoxy) is 1. The summed E-state index contributed by atoms with van der Waals surface area (Å²) in [6, 6.07) is 7.49. The van der Waals surface area contributed by atoms with Gasteiger partial charge in [0.25, 0.3) is 0 Å². The Bertz CT molecular complexity index is 696. The van der Waals surface area contributed by atoms with Crippen molar-refractivity contribution in [1.29, 1.82) is 0 Å². The molecule has 0 bridgehead atoms. The Balaban J connectivity index is 1.63. The second-order valence-electron chi connectivity index (χ2n) is 9.11. The third-order valence-corrected chi connectivity index (χ3v) is 5.42. The standard InChI is InChI=1S/C21H31N3O3/c1-20(2)11-15(12-21(3,4)23-20)22-19(26)14-10-18(25)24(13-14)16-6-8-17(27-5)9-7-16/h6-9,14-15,23H,10-13H2,1-5H3,(H,22,26)/t14-/m1/s1. The third-order valence-electron chi connectivity index (χ3n) is 5.42. The van der Waals surface area contributed by atoms with Crippen LogP contribution in [0.3, 0.4) is 0 Å². The van der Waals surface area contributed by atoms with Gasteiger partial charge in [0.2, 0.25) is 11.8 Å². The molecular weight excluding hydrogens is 342 g/mol. The van der Waals surface area contributed by atoms with E-state index in [2.05, 4.69) is 38.3 Å². The topological polar surface area (TPSA) is 70.7 Å². The average molecular weight is 373 g/mol. The molecule has 0 aliphatic carbocycles. The molecule has 1 aromatic rings. The van der Waals surface area contributed by atoms with Gasteiger partial charge in [-0.15, -0.1) is 0 Å². The smallest absolute Gasteiger partial charge is 0.227 e. The first kappa shape index (κ1) is 19.7. The molecule has 0 saturated carbocycles. The number of hydrogen-bond acceptors (Lipinski definition) is 4. The highest BCUT2D eigenvalue weighted by atomic mass is 16.5. The first-order chi connectivity index (χ1) is 12.6. The second kappa shape index (κ2) is 7.15. The highest BCUT2D eigenvalue weighted by Crippen LogP contribution is 2.30. The van der Waals surface area contributed by atoms with Crippen molar-refractivity contribution in [2.75, 3.05) is 18.6 Å². The lowest BCUT2D eigenvalue weighted by molar-refractivity contribution is -0.127. The molecule has 27 heavy (non-hydrogen) atoms. The Morgan fingerprint density at radius 3 is 2.30 bits per heavy atom. The molecule has 3 rings (SSSR count). The zero-order valence-corrected chi connectivity index (χ0v) is 17.0. The van der Waals surface area contributed by atoms with E-state index in [9.17, 15) is 9.59 Å². The zero-order valence-electron chi connectivity index (χ0n) is 17.0. The van der Waals surface area contributed by atoms with Crippen LogP contribution in [-0.2, 0) is 9.59 Å². The summed E-state index contributed by atoms with van der Waals surface area (Å²) in [7, 11) is 1.61. The fourth-order valence-corrected chi connectivity index (χ4v) is 4.64. The van der Waals surface area contributed by atoms with Gasteiger partial charge >= 0.3 is 0 Å². The van der Waals surface area contributed by atoms with Crippen LogP contribution in [0.15, 0.2) is 24.3 Å². The first-order valence-corrected chi connectivity index (χ1v) is 9.63. The minimum Gasteiger partial charge on any atom is -0.497 e. The average Bonchev–Trinajstić information content (AvgIpc) is 2.94. The molecule has 2 amide bonds. The van der Waals surface area contributed by atoms with E-state index >= 15 is 0 Å². The summed E-state index contributed by atoms with van der Waals surface area (Å²) >= 11 is 0. The summed E-state index contributed by atoms with van der Waals surface area (Å²) in [5, 5.41) is 6.83. The normalized spacial score (nSPS) is 24.7. The summed E-state index contributed by atoms with van der Waals surface area (Å²) in [6.07, 6.45) is 2.02. The lowest BCUT2D eigenvalue weighted by atomic mass is 9.79. The van der Waals surface area contributed by atoms with Crippen LogP contribution in [0, 0.1) is 5.92 Å². The van der Waals surface area contributed by atoms with Gasteiger partial charge < -0.3 is 20.3 Å². The number of methoxy groups -OCH3 is 1. The fourth-order valence-electron chi connectivity index (χ4n) is 4.64. The molecule has 2 heterocycles. The van der Waals surface area contributed by atoms with Gasteiger partial charge in [0.05, 0.1) is 13.0 Å². The summed E-state index contributed by atoms with van der Waals surface area (Å²) in [6.45, 7) is 9.08. The van der Waals surface area contributed by atoms with Crippen LogP contribution >= 0.6 is 0 Å². The summed E-state index contributed by atoms with van der Waals surface area (Å²) < 4.78 is 5.16. The Kier molecular flexibility index (Phi) is 5.21. The maximum Gasteiger partial charge on any atom is 0.227 e. The van der Waals surface area contributed by atoms with Crippen LogP contribution in [-0.4, -0.2) is 42.6 Å². The van der Waals surface area contributed by atoms with E-state index in [4.69, 9.17) is 4.74 Å². The van der Waals surface area contributed by atoms with E-state index in [0.29, 0.717) is 6.54 Å². The molecule has 6 heteroatoms. The maximum atomic E-state index is 12.8. The minimum atomic E-state index is -0.305. The van der Waals surface area contributed by atoms with Gasteiger partial charge in [0.1, 0.15) is 5.75 Å². The molecule has 2 aliphatic rings. The number of anilines is 1. The zero-order chi connectivity index (χ0) is 19.8. The maximum absolute atomic E-state index is 12.8. The number of nitrogens with zero attached hydrogens (tertiary/aromatic N) is 1. The Labute approximate surface area is 161 Å².